The van der Waals surface area contributed by atoms with Gasteiger partial charge in [0, 0.05) is 26.2 Å². The summed E-state index contributed by atoms with van der Waals surface area (Å²) in [7, 11) is 0. The lowest BCUT2D eigenvalue weighted by atomic mass is 10.1. The van der Waals surface area contributed by atoms with Crippen molar-refractivity contribution in [2.75, 3.05) is 32.8 Å². The minimum atomic E-state index is 0.425. The Hall–Kier alpha value is -0.120. The van der Waals surface area contributed by atoms with Crippen LogP contribution in [0.3, 0.4) is 0 Å². The zero-order valence-corrected chi connectivity index (χ0v) is 8.30. The number of hydrogen-bond donors (Lipinski definition) is 1. The van der Waals surface area contributed by atoms with Crippen LogP contribution in [-0.4, -0.2) is 43.9 Å². The summed E-state index contributed by atoms with van der Waals surface area (Å²) in [5.41, 5.74) is 0. The number of nitrogens with one attached hydrogen (secondary N) is 1. The largest absolute Gasteiger partial charge is 0.363 e. The predicted octanol–water partition coefficient (Wildman–Crippen LogP) is 0.808. The summed E-state index contributed by atoms with van der Waals surface area (Å²) in [5.74, 6) is 0. The first-order valence-electron chi connectivity index (χ1n) is 5.53. The van der Waals surface area contributed by atoms with Gasteiger partial charge >= 0.3 is 0 Å². The smallest absolute Gasteiger partial charge is 0.110 e. The lowest BCUT2D eigenvalue weighted by molar-refractivity contribution is -0.0832. The van der Waals surface area contributed by atoms with E-state index in [4.69, 9.17) is 4.74 Å². The normalized spacial score (nSPS) is 32.8. The molecule has 0 aromatic carbocycles. The Balaban J connectivity index is 1.82. The molecule has 1 N–H and O–H groups in total. The maximum absolute atomic E-state index is 5.77. The van der Waals surface area contributed by atoms with Gasteiger partial charge < -0.3 is 10.1 Å². The highest BCUT2D eigenvalue weighted by molar-refractivity contribution is 4.71. The number of rotatable bonds is 1. The third kappa shape index (κ3) is 2.66. The van der Waals surface area contributed by atoms with Crippen molar-refractivity contribution < 1.29 is 4.74 Å². The molecule has 0 aromatic rings. The van der Waals surface area contributed by atoms with Crippen LogP contribution in [0.5, 0.6) is 0 Å². The van der Waals surface area contributed by atoms with Crippen LogP contribution in [0.25, 0.3) is 0 Å². The van der Waals surface area contributed by atoms with Crippen LogP contribution in [0.4, 0.5) is 0 Å². The molecule has 76 valence electrons. The van der Waals surface area contributed by atoms with E-state index in [9.17, 15) is 0 Å². The molecule has 0 radical (unpaired) electrons. The van der Waals surface area contributed by atoms with E-state index in [1.54, 1.807) is 0 Å². The highest BCUT2D eigenvalue weighted by Gasteiger charge is 2.21. The first kappa shape index (κ1) is 9.44. The van der Waals surface area contributed by atoms with Gasteiger partial charge in [-0.05, 0) is 32.2 Å². The number of nitrogens with zero attached hydrogens (tertiary/aromatic N) is 1. The van der Waals surface area contributed by atoms with Crippen molar-refractivity contribution in [3.8, 4) is 0 Å². The summed E-state index contributed by atoms with van der Waals surface area (Å²) in [4.78, 5) is 2.50. The maximum Gasteiger partial charge on any atom is 0.110 e. The Bertz CT molecular complexity index is 138. The topological polar surface area (TPSA) is 24.5 Å². The van der Waals surface area contributed by atoms with E-state index in [1.165, 1.54) is 38.8 Å². The van der Waals surface area contributed by atoms with Crippen molar-refractivity contribution in [1.29, 1.82) is 0 Å². The molecule has 0 amide bonds. The van der Waals surface area contributed by atoms with E-state index in [0.29, 0.717) is 6.23 Å². The van der Waals surface area contributed by atoms with E-state index < -0.39 is 0 Å². The van der Waals surface area contributed by atoms with Crippen LogP contribution in [0.1, 0.15) is 25.7 Å². The molecule has 2 heterocycles. The van der Waals surface area contributed by atoms with Crippen molar-refractivity contribution >= 4 is 0 Å². The molecule has 3 heteroatoms. The summed E-state index contributed by atoms with van der Waals surface area (Å²) >= 11 is 0. The van der Waals surface area contributed by atoms with Gasteiger partial charge in [0.1, 0.15) is 6.23 Å². The minimum absolute atomic E-state index is 0.425. The molecule has 2 aliphatic heterocycles. The standard InChI is InChI=1S/C10H20N2O/c1-2-9-13-10(4-1)12-7-3-5-11-6-8-12/h10-11H,1-9H2. The molecular weight excluding hydrogens is 164 g/mol. The van der Waals surface area contributed by atoms with Crippen molar-refractivity contribution in [2.45, 2.75) is 31.9 Å². The van der Waals surface area contributed by atoms with Gasteiger partial charge in [-0.3, -0.25) is 4.90 Å². The summed E-state index contributed by atoms with van der Waals surface area (Å²) in [5, 5.41) is 3.42. The third-order valence-corrected chi connectivity index (χ3v) is 2.94. The molecule has 0 aromatic heterocycles. The van der Waals surface area contributed by atoms with Crippen LogP contribution in [-0.2, 0) is 4.74 Å². The number of hydrogen-bond acceptors (Lipinski definition) is 3. The Labute approximate surface area is 80.4 Å². The van der Waals surface area contributed by atoms with Gasteiger partial charge in [-0.2, -0.15) is 0 Å². The predicted molar refractivity (Wildman–Crippen MR) is 52.7 cm³/mol. The Kier molecular flexibility index (Phi) is 3.58. The van der Waals surface area contributed by atoms with Crippen LogP contribution < -0.4 is 5.32 Å². The lowest BCUT2D eigenvalue weighted by Gasteiger charge is -2.33. The zero-order valence-electron chi connectivity index (χ0n) is 8.30. The fourth-order valence-electron chi connectivity index (χ4n) is 2.17. The molecule has 2 fully saturated rings. The average Bonchev–Trinajstić information content (AvgIpc) is 2.47. The molecule has 0 aliphatic carbocycles. The van der Waals surface area contributed by atoms with Gasteiger partial charge in [0.2, 0.25) is 0 Å². The molecule has 2 rings (SSSR count). The molecule has 13 heavy (non-hydrogen) atoms. The summed E-state index contributed by atoms with van der Waals surface area (Å²) in [6, 6.07) is 0. The minimum Gasteiger partial charge on any atom is -0.363 e. The van der Waals surface area contributed by atoms with Gasteiger partial charge in [-0.1, -0.05) is 0 Å². The van der Waals surface area contributed by atoms with Gasteiger partial charge in [0.25, 0.3) is 0 Å². The highest BCUT2D eigenvalue weighted by atomic mass is 16.5. The molecule has 3 nitrogen and oxygen atoms in total. The summed E-state index contributed by atoms with van der Waals surface area (Å²) < 4.78 is 5.77. The molecular formula is C10H20N2O. The van der Waals surface area contributed by atoms with Crippen LogP contribution in [0.2, 0.25) is 0 Å². The molecule has 0 saturated carbocycles. The SMILES string of the molecule is C1CCC(N2CCCNCC2)OC1. The Morgan fingerprint density at radius 2 is 2.08 bits per heavy atom. The van der Waals surface area contributed by atoms with E-state index in [2.05, 4.69) is 10.2 Å². The van der Waals surface area contributed by atoms with Crippen LogP contribution in [0.15, 0.2) is 0 Å². The summed E-state index contributed by atoms with van der Waals surface area (Å²) in [6.07, 6.45) is 5.52. The molecule has 1 unspecified atom stereocenters. The number of ether oxygens (including phenoxy) is 1. The van der Waals surface area contributed by atoms with E-state index in [1.807, 2.05) is 0 Å². The van der Waals surface area contributed by atoms with Crippen LogP contribution >= 0.6 is 0 Å². The highest BCUT2D eigenvalue weighted by Crippen LogP contribution is 2.16. The quantitative estimate of drug-likeness (QED) is 0.652. The van der Waals surface area contributed by atoms with Gasteiger partial charge in [0.05, 0.1) is 0 Å². The Morgan fingerprint density at radius 3 is 2.92 bits per heavy atom. The van der Waals surface area contributed by atoms with Gasteiger partial charge in [-0.25, -0.2) is 0 Å². The molecule has 0 spiro atoms. The van der Waals surface area contributed by atoms with Crippen LogP contribution in [0, 0.1) is 0 Å². The van der Waals surface area contributed by atoms with E-state index in [-0.39, 0.29) is 0 Å². The molecule has 2 aliphatic rings. The third-order valence-electron chi connectivity index (χ3n) is 2.94. The first-order valence-corrected chi connectivity index (χ1v) is 5.53. The van der Waals surface area contributed by atoms with E-state index >= 15 is 0 Å². The Morgan fingerprint density at radius 1 is 1.08 bits per heavy atom. The van der Waals surface area contributed by atoms with Crippen molar-refractivity contribution in [2.24, 2.45) is 0 Å². The zero-order chi connectivity index (χ0) is 8.93. The molecule has 2 saturated heterocycles. The monoisotopic (exact) mass is 184 g/mol. The second kappa shape index (κ2) is 4.94. The van der Waals surface area contributed by atoms with E-state index in [0.717, 1.165) is 19.7 Å². The van der Waals surface area contributed by atoms with Gasteiger partial charge in [-0.15, -0.1) is 0 Å². The maximum atomic E-state index is 5.77. The van der Waals surface area contributed by atoms with Gasteiger partial charge in [0.15, 0.2) is 0 Å². The van der Waals surface area contributed by atoms with Crippen molar-refractivity contribution in [1.82, 2.24) is 10.2 Å². The molecule has 0 bridgehead atoms. The second-order valence-corrected chi connectivity index (χ2v) is 3.96. The molecule has 1 atom stereocenters. The fourth-order valence-corrected chi connectivity index (χ4v) is 2.17. The second-order valence-electron chi connectivity index (χ2n) is 3.96. The first-order chi connectivity index (χ1) is 6.47. The fraction of sp³-hybridized carbons (Fsp3) is 1.00. The summed E-state index contributed by atoms with van der Waals surface area (Å²) in [6.45, 7) is 5.63. The average molecular weight is 184 g/mol. The lowest BCUT2D eigenvalue weighted by Crippen LogP contribution is -2.41. The van der Waals surface area contributed by atoms with Crippen molar-refractivity contribution in [3.63, 3.8) is 0 Å². The van der Waals surface area contributed by atoms with Crippen molar-refractivity contribution in [3.05, 3.63) is 0 Å².